The second-order valence-electron chi connectivity index (χ2n) is 7.75. The van der Waals surface area contributed by atoms with E-state index in [1.165, 1.54) is 24.3 Å². The maximum absolute atomic E-state index is 13.4. The lowest BCUT2D eigenvalue weighted by atomic mass is 9.73. The summed E-state index contributed by atoms with van der Waals surface area (Å²) in [6.07, 6.45) is 0.332. The first-order valence-corrected chi connectivity index (χ1v) is 10.5. The molecule has 3 aromatic rings. The number of carbonyl (C=O) groups is 2. The van der Waals surface area contributed by atoms with Crippen LogP contribution in [-0.2, 0) is 21.7 Å². The van der Waals surface area contributed by atoms with Crippen LogP contribution in [0.15, 0.2) is 72.8 Å². The highest BCUT2D eigenvalue weighted by Crippen LogP contribution is 2.48. The van der Waals surface area contributed by atoms with Crippen LogP contribution < -0.4 is 9.64 Å². The normalized spacial score (nSPS) is 17.7. The number of anilines is 1. The molecule has 1 atom stereocenters. The highest BCUT2D eigenvalue weighted by atomic mass is 35.5. The molecule has 32 heavy (non-hydrogen) atoms. The van der Waals surface area contributed by atoms with Crippen molar-refractivity contribution in [3.05, 3.63) is 94.8 Å². The molecule has 1 aliphatic heterocycles. The molecule has 5 nitrogen and oxygen atoms in total. The summed E-state index contributed by atoms with van der Waals surface area (Å²) in [6.45, 7) is 0.376. The van der Waals surface area contributed by atoms with E-state index in [1.54, 1.807) is 29.2 Å². The van der Waals surface area contributed by atoms with Crippen LogP contribution in [0.1, 0.15) is 30.4 Å². The van der Waals surface area contributed by atoms with Crippen LogP contribution in [0.5, 0.6) is 5.75 Å². The van der Waals surface area contributed by atoms with Gasteiger partial charge in [-0.25, -0.2) is 4.39 Å². The van der Waals surface area contributed by atoms with Crippen molar-refractivity contribution in [2.24, 2.45) is 0 Å². The smallest absolute Gasteiger partial charge is 0.303 e. The molecule has 1 fully saturated rings. The number of halogens is 2. The van der Waals surface area contributed by atoms with Crippen LogP contribution in [0.2, 0.25) is 5.02 Å². The Hall–Kier alpha value is -3.38. The summed E-state index contributed by atoms with van der Waals surface area (Å²) < 4.78 is 19.2. The number of carboxylic acid groups (broad SMARTS) is 1. The molecule has 1 N–H and O–H groups in total. The lowest BCUT2D eigenvalue weighted by Crippen LogP contribution is -2.61. The third-order valence-electron chi connectivity index (χ3n) is 5.67. The number of amides is 1. The number of aliphatic carboxylic acids is 1. The lowest BCUT2D eigenvalue weighted by Gasteiger charge is -2.52. The van der Waals surface area contributed by atoms with Gasteiger partial charge in [0.05, 0.1) is 12.0 Å². The van der Waals surface area contributed by atoms with Crippen molar-refractivity contribution in [1.82, 2.24) is 0 Å². The van der Waals surface area contributed by atoms with Gasteiger partial charge in [0.25, 0.3) is 0 Å². The second-order valence-corrected chi connectivity index (χ2v) is 8.18. The molecule has 7 heteroatoms. The Morgan fingerprint density at radius 2 is 1.69 bits per heavy atom. The first kappa shape index (κ1) is 21.8. The first-order valence-electron chi connectivity index (χ1n) is 10.2. The Balaban J connectivity index is 1.57. The fourth-order valence-electron chi connectivity index (χ4n) is 4.04. The topological polar surface area (TPSA) is 66.8 Å². The Morgan fingerprint density at radius 1 is 1.03 bits per heavy atom. The SMILES string of the molecule is O=C(O)CC[C@@]1(c2ccc(OCc3ccc(Cl)cc3)cc2)CC(=O)N1c1ccc(F)cc1. The second kappa shape index (κ2) is 9.01. The molecule has 164 valence electrons. The number of hydrogen-bond donors (Lipinski definition) is 1. The highest BCUT2D eigenvalue weighted by Gasteiger charge is 2.52. The largest absolute Gasteiger partial charge is 0.489 e. The summed E-state index contributed by atoms with van der Waals surface area (Å²) in [6, 6.07) is 20.3. The van der Waals surface area contributed by atoms with Gasteiger partial charge in [0.2, 0.25) is 5.91 Å². The average molecular weight is 454 g/mol. The zero-order valence-corrected chi connectivity index (χ0v) is 17.9. The number of benzene rings is 3. The standard InChI is InChI=1S/C25H21ClFNO4/c26-19-5-1-17(2-6-19)16-32-22-11-3-18(4-12-22)25(14-13-24(30)31)15-23(29)28(25)21-9-7-20(27)8-10-21/h1-12H,13-16H2,(H,30,31)/t25-/m0/s1. The highest BCUT2D eigenvalue weighted by molar-refractivity contribution is 6.30. The molecular formula is C25H21ClFNO4. The number of carboxylic acids is 1. The van der Waals surface area contributed by atoms with E-state index < -0.39 is 17.3 Å². The van der Waals surface area contributed by atoms with Crippen molar-refractivity contribution in [3.63, 3.8) is 0 Å². The molecule has 0 saturated carbocycles. The summed E-state index contributed by atoms with van der Waals surface area (Å²) in [5.41, 5.74) is 1.52. The van der Waals surface area contributed by atoms with E-state index in [9.17, 15) is 19.1 Å². The summed E-state index contributed by atoms with van der Waals surface area (Å²) in [5.74, 6) is -0.827. The fourth-order valence-corrected chi connectivity index (χ4v) is 4.16. The number of nitrogens with zero attached hydrogens (tertiary/aromatic N) is 1. The molecule has 1 aliphatic rings. The predicted octanol–water partition coefficient (Wildman–Crippen LogP) is 5.56. The van der Waals surface area contributed by atoms with Gasteiger partial charge in [-0.2, -0.15) is 0 Å². The zero-order chi connectivity index (χ0) is 22.7. The van der Waals surface area contributed by atoms with E-state index in [-0.39, 0.29) is 25.2 Å². The molecule has 0 spiro atoms. The summed E-state index contributed by atoms with van der Waals surface area (Å²) >= 11 is 5.90. The van der Waals surface area contributed by atoms with Crippen molar-refractivity contribution >= 4 is 29.2 Å². The number of β-lactam (4-membered cyclic amide) rings is 1. The fraction of sp³-hybridized carbons (Fsp3) is 0.200. The van der Waals surface area contributed by atoms with Gasteiger partial charge in [0.1, 0.15) is 18.2 Å². The van der Waals surface area contributed by atoms with Gasteiger partial charge >= 0.3 is 5.97 Å². The van der Waals surface area contributed by atoms with E-state index in [0.717, 1.165) is 11.1 Å². The third-order valence-corrected chi connectivity index (χ3v) is 5.92. The quantitative estimate of drug-likeness (QED) is 0.454. The minimum atomic E-state index is -0.939. The van der Waals surface area contributed by atoms with Gasteiger partial charge in [0, 0.05) is 17.1 Å². The Labute approximate surface area is 190 Å². The van der Waals surface area contributed by atoms with Crippen LogP contribution in [0.25, 0.3) is 0 Å². The minimum absolute atomic E-state index is 0.0974. The number of carbonyl (C=O) groups excluding carboxylic acids is 1. The van der Waals surface area contributed by atoms with Crippen molar-refractivity contribution in [3.8, 4) is 5.75 Å². The van der Waals surface area contributed by atoms with Crippen LogP contribution in [0, 0.1) is 5.82 Å². The Kier molecular flexibility index (Phi) is 6.15. The predicted molar refractivity (Wildman–Crippen MR) is 119 cm³/mol. The van der Waals surface area contributed by atoms with E-state index in [4.69, 9.17) is 16.3 Å². The van der Waals surface area contributed by atoms with Gasteiger partial charge in [-0.05, 0) is 66.1 Å². The van der Waals surface area contributed by atoms with Gasteiger partial charge < -0.3 is 14.7 Å². The van der Waals surface area contributed by atoms with Crippen molar-refractivity contribution in [1.29, 1.82) is 0 Å². The molecule has 1 heterocycles. The molecule has 0 unspecified atom stereocenters. The van der Waals surface area contributed by atoms with Gasteiger partial charge in [-0.3, -0.25) is 9.59 Å². The molecule has 1 amide bonds. The zero-order valence-electron chi connectivity index (χ0n) is 17.1. The van der Waals surface area contributed by atoms with Crippen LogP contribution >= 0.6 is 11.6 Å². The Morgan fingerprint density at radius 3 is 2.28 bits per heavy atom. The summed E-state index contributed by atoms with van der Waals surface area (Å²) in [7, 11) is 0. The molecule has 0 radical (unpaired) electrons. The number of ether oxygens (including phenoxy) is 1. The molecule has 3 aromatic carbocycles. The van der Waals surface area contributed by atoms with Gasteiger partial charge in [-0.15, -0.1) is 0 Å². The molecule has 4 rings (SSSR count). The maximum Gasteiger partial charge on any atom is 0.303 e. The summed E-state index contributed by atoms with van der Waals surface area (Å²) in [4.78, 5) is 25.4. The van der Waals surface area contributed by atoms with Crippen molar-refractivity contribution in [2.45, 2.75) is 31.4 Å². The third kappa shape index (κ3) is 4.46. The minimum Gasteiger partial charge on any atom is -0.489 e. The molecule has 0 aromatic heterocycles. The van der Waals surface area contributed by atoms with E-state index in [2.05, 4.69) is 0 Å². The Bertz CT molecular complexity index is 1120. The monoisotopic (exact) mass is 453 g/mol. The molecular weight excluding hydrogens is 433 g/mol. The maximum atomic E-state index is 13.4. The van der Waals surface area contributed by atoms with Crippen LogP contribution in [-0.4, -0.2) is 17.0 Å². The molecule has 0 bridgehead atoms. The lowest BCUT2D eigenvalue weighted by molar-refractivity contribution is -0.139. The van der Waals surface area contributed by atoms with Gasteiger partial charge in [0.15, 0.2) is 0 Å². The van der Waals surface area contributed by atoms with E-state index in [1.807, 2.05) is 24.3 Å². The van der Waals surface area contributed by atoms with Crippen LogP contribution in [0.3, 0.4) is 0 Å². The first-order chi connectivity index (χ1) is 15.4. The number of hydrogen-bond acceptors (Lipinski definition) is 3. The molecule has 1 saturated heterocycles. The van der Waals surface area contributed by atoms with Gasteiger partial charge in [-0.1, -0.05) is 35.9 Å². The van der Waals surface area contributed by atoms with Crippen LogP contribution in [0.4, 0.5) is 10.1 Å². The average Bonchev–Trinajstić information content (AvgIpc) is 2.78. The summed E-state index contributed by atoms with van der Waals surface area (Å²) in [5, 5.41) is 9.92. The van der Waals surface area contributed by atoms with E-state index >= 15 is 0 Å². The van der Waals surface area contributed by atoms with Crippen molar-refractivity contribution in [2.75, 3.05) is 4.90 Å². The molecule has 0 aliphatic carbocycles. The number of rotatable bonds is 8. The van der Waals surface area contributed by atoms with Crippen molar-refractivity contribution < 1.29 is 23.8 Å². The van der Waals surface area contributed by atoms with E-state index in [0.29, 0.717) is 23.1 Å².